The molecule has 1 amide bonds. The predicted octanol–water partition coefficient (Wildman–Crippen LogP) is 1.42. The van der Waals surface area contributed by atoms with E-state index in [0.717, 1.165) is 22.2 Å². The number of nitrogens with one attached hydrogen (secondary N) is 1. The average molecular weight is 284 g/mol. The second kappa shape index (κ2) is 6.29. The average Bonchev–Trinajstić information content (AvgIpc) is 2.96. The summed E-state index contributed by atoms with van der Waals surface area (Å²) in [6.07, 6.45) is 5.11. The minimum atomic E-state index is -0.433. The number of fused-ring (bicyclic) bond motifs is 1. The number of H-pyrrole nitrogens is 1. The van der Waals surface area contributed by atoms with Crippen LogP contribution in [0.15, 0.2) is 43.0 Å². The van der Waals surface area contributed by atoms with E-state index < -0.39 is 5.91 Å². The zero-order valence-corrected chi connectivity index (χ0v) is 10.9. The molecule has 0 bridgehead atoms. The molecular formula is C14H12N4O3. The number of carbonyl (C=O) groups is 2. The van der Waals surface area contributed by atoms with E-state index in [4.69, 9.17) is 15.6 Å². The van der Waals surface area contributed by atoms with E-state index in [1.807, 2.05) is 12.1 Å². The monoisotopic (exact) mass is 284 g/mol. The number of aromatic nitrogens is 3. The van der Waals surface area contributed by atoms with E-state index in [2.05, 4.69) is 15.0 Å². The maximum atomic E-state index is 11.0. The Balaban J connectivity index is 0.000000497. The first kappa shape index (κ1) is 14.2. The van der Waals surface area contributed by atoms with Crippen LogP contribution in [-0.4, -0.2) is 32.4 Å². The number of carboxylic acid groups (broad SMARTS) is 1. The summed E-state index contributed by atoms with van der Waals surface area (Å²) >= 11 is 0. The molecule has 0 aliphatic carbocycles. The van der Waals surface area contributed by atoms with Crippen molar-refractivity contribution >= 4 is 23.4 Å². The van der Waals surface area contributed by atoms with Crippen LogP contribution in [0.3, 0.4) is 0 Å². The summed E-state index contributed by atoms with van der Waals surface area (Å²) in [5.74, 6) is -0.433. The molecule has 0 unspecified atom stereocenters. The van der Waals surface area contributed by atoms with Gasteiger partial charge in [0, 0.05) is 17.3 Å². The van der Waals surface area contributed by atoms with Gasteiger partial charge in [-0.3, -0.25) is 14.6 Å². The van der Waals surface area contributed by atoms with E-state index in [1.165, 1.54) is 0 Å². The molecular weight excluding hydrogens is 272 g/mol. The van der Waals surface area contributed by atoms with Gasteiger partial charge in [-0.15, -0.1) is 0 Å². The first-order valence-electron chi connectivity index (χ1n) is 5.92. The van der Waals surface area contributed by atoms with Crippen LogP contribution >= 0.6 is 0 Å². The molecule has 7 heteroatoms. The van der Waals surface area contributed by atoms with Crippen molar-refractivity contribution in [1.82, 2.24) is 15.0 Å². The highest BCUT2D eigenvalue weighted by Gasteiger charge is 2.07. The van der Waals surface area contributed by atoms with E-state index in [1.54, 1.807) is 30.9 Å². The normalized spacial score (nSPS) is 9.71. The Kier molecular flexibility index (Phi) is 4.25. The molecule has 0 spiro atoms. The van der Waals surface area contributed by atoms with Crippen LogP contribution in [0.2, 0.25) is 0 Å². The molecule has 106 valence electrons. The lowest BCUT2D eigenvalue weighted by Crippen LogP contribution is -2.10. The van der Waals surface area contributed by atoms with Crippen molar-refractivity contribution in [3.8, 4) is 11.1 Å². The zero-order valence-electron chi connectivity index (χ0n) is 10.9. The van der Waals surface area contributed by atoms with Gasteiger partial charge in [0.15, 0.2) is 0 Å². The molecule has 0 aliphatic heterocycles. The van der Waals surface area contributed by atoms with Crippen molar-refractivity contribution in [3.05, 3.63) is 48.5 Å². The Morgan fingerprint density at radius 2 is 1.90 bits per heavy atom. The molecule has 2 aromatic heterocycles. The summed E-state index contributed by atoms with van der Waals surface area (Å²) < 4.78 is 0. The predicted molar refractivity (Wildman–Crippen MR) is 76.5 cm³/mol. The van der Waals surface area contributed by atoms with E-state index in [0.29, 0.717) is 5.56 Å². The molecule has 2 heterocycles. The summed E-state index contributed by atoms with van der Waals surface area (Å²) in [6.45, 7) is -0.250. The number of aromatic amines is 1. The van der Waals surface area contributed by atoms with Gasteiger partial charge in [-0.05, 0) is 17.7 Å². The molecule has 0 saturated carbocycles. The molecule has 0 fully saturated rings. The number of hydrogen-bond donors (Lipinski definition) is 3. The van der Waals surface area contributed by atoms with Gasteiger partial charge in [-0.1, -0.05) is 12.1 Å². The third kappa shape index (κ3) is 3.03. The number of carbonyl (C=O) groups excluding carboxylic acids is 1. The fourth-order valence-electron chi connectivity index (χ4n) is 1.89. The molecule has 0 radical (unpaired) electrons. The van der Waals surface area contributed by atoms with Crippen molar-refractivity contribution in [2.24, 2.45) is 5.73 Å². The van der Waals surface area contributed by atoms with Gasteiger partial charge in [0.05, 0.1) is 23.6 Å². The third-order valence-electron chi connectivity index (χ3n) is 2.81. The van der Waals surface area contributed by atoms with Crippen LogP contribution in [0.1, 0.15) is 10.4 Å². The van der Waals surface area contributed by atoms with Crippen LogP contribution in [-0.2, 0) is 4.79 Å². The Morgan fingerprint density at radius 1 is 1.24 bits per heavy atom. The van der Waals surface area contributed by atoms with E-state index in [-0.39, 0.29) is 6.47 Å². The minimum absolute atomic E-state index is 0.250. The first-order valence-corrected chi connectivity index (χ1v) is 5.92. The number of pyridine rings is 1. The highest BCUT2D eigenvalue weighted by atomic mass is 16.3. The van der Waals surface area contributed by atoms with Gasteiger partial charge in [-0.2, -0.15) is 0 Å². The van der Waals surface area contributed by atoms with Crippen LogP contribution < -0.4 is 5.73 Å². The minimum Gasteiger partial charge on any atom is -0.483 e. The number of nitrogens with two attached hydrogens (primary N) is 1. The SMILES string of the molecule is NC(=O)c1ccc(-c2cncc3[nH]cnc23)cc1.O=CO. The fourth-order valence-corrected chi connectivity index (χ4v) is 1.89. The van der Waals surface area contributed by atoms with Crippen LogP contribution in [0.4, 0.5) is 0 Å². The summed E-state index contributed by atoms with van der Waals surface area (Å²) in [5, 5.41) is 6.89. The Labute approximate surface area is 119 Å². The molecule has 0 saturated heterocycles. The molecule has 0 atom stereocenters. The van der Waals surface area contributed by atoms with Gasteiger partial charge in [-0.25, -0.2) is 4.98 Å². The van der Waals surface area contributed by atoms with Crippen molar-refractivity contribution in [3.63, 3.8) is 0 Å². The summed E-state index contributed by atoms with van der Waals surface area (Å²) in [4.78, 5) is 30.8. The van der Waals surface area contributed by atoms with Crippen LogP contribution in [0.5, 0.6) is 0 Å². The van der Waals surface area contributed by atoms with Crippen LogP contribution in [0.25, 0.3) is 22.2 Å². The lowest BCUT2D eigenvalue weighted by molar-refractivity contribution is -0.122. The maximum absolute atomic E-state index is 11.0. The number of benzene rings is 1. The number of rotatable bonds is 2. The molecule has 7 nitrogen and oxygen atoms in total. The quantitative estimate of drug-likeness (QED) is 0.614. The molecule has 0 aliphatic rings. The molecule has 21 heavy (non-hydrogen) atoms. The van der Waals surface area contributed by atoms with Gasteiger partial charge in [0.2, 0.25) is 5.91 Å². The first-order chi connectivity index (χ1) is 10.2. The lowest BCUT2D eigenvalue weighted by atomic mass is 10.0. The molecule has 4 N–H and O–H groups in total. The number of primary amides is 1. The maximum Gasteiger partial charge on any atom is 0.290 e. The largest absolute Gasteiger partial charge is 0.483 e. The van der Waals surface area contributed by atoms with E-state index in [9.17, 15) is 4.79 Å². The molecule has 1 aromatic carbocycles. The summed E-state index contributed by atoms with van der Waals surface area (Å²) in [5.41, 5.74) is 9.30. The van der Waals surface area contributed by atoms with Crippen molar-refractivity contribution in [2.75, 3.05) is 0 Å². The smallest absolute Gasteiger partial charge is 0.290 e. The number of imidazole rings is 1. The number of amides is 1. The number of hydrogen-bond acceptors (Lipinski definition) is 4. The highest BCUT2D eigenvalue weighted by Crippen LogP contribution is 2.25. The van der Waals surface area contributed by atoms with Crippen molar-refractivity contribution < 1.29 is 14.7 Å². The number of nitrogens with zero attached hydrogens (tertiary/aromatic N) is 2. The Bertz CT molecular complexity index is 765. The Morgan fingerprint density at radius 3 is 2.52 bits per heavy atom. The van der Waals surface area contributed by atoms with Crippen molar-refractivity contribution in [2.45, 2.75) is 0 Å². The highest BCUT2D eigenvalue weighted by molar-refractivity contribution is 5.95. The molecule has 3 aromatic rings. The standard InChI is InChI=1S/C13H10N4O.CH2O2/c14-13(18)9-3-1-8(2-4-9)10-5-15-6-11-12(10)17-7-16-11;2-1-3/h1-7H,(H2,14,18)(H,16,17);1H,(H,2,3). The second-order valence-corrected chi connectivity index (χ2v) is 4.03. The molecule has 3 rings (SSSR count). The summed E-state index contributed by atoms with van der Waals surface area (Å²) in [7, 11) is 0. The Hall–Kier alpha value is -3.22. The van der Waals surface area contributed by atoms with Gasteiger partial charge in [0.25, 0.3) is 6.47 Å². The van der Waals surface area contributed by atoms with Gasteiger partial charge in [0.1, 0.15) is 0 Å². The topological polar surface area (TPSA) is 122 Å². The third-order valence-corrected chi connectivity index (χ3v) is 2.81. The summed E-state index contributed by atoms with van der Waals surface area (Å²) in [6, 6.07) is 7.07. The van der Waals surface area contributed by atoms with Gasteiger partial charge >= 0.3 is 0 Å². The zero-order chi connectivity index (χ0) is 15.2. The van der Waals surface area contributed by atoms with Crippen LogP contribution in [0, 0.1) is 0 Å². The van der Waals surface area contributed by atoms with Crippen molar-refractivity contribution in [1.29, 1.82) is 0 Å². The van der Waals surface area contributed by atoms with Gasteiger partial charge < -0.3 is 15.8 Å². The fraction of sp³-hybridized carbons (Fsp3) is 0. The lowest BCUT2D eigenvalue weighted by Gasteiger charge is -2.03. The second-order valence-electron chi connectivity index (χ2n) is 4.03. The van der Waals surface area contributed by atoms with E-state index >= 15 is 0 Å².